The first kappa shape index (κ1) is 24.0. The highest BCUT2D eigenvalue weighted by Gasteiger charge is 2.34. The number of carbonyl (C=O) groups excluding carboxylic acids is 2. The molecular weight excluding hydrogens is 458 g/mol. The van der Waals surface area contributed by atoms with Crippen LogP contribution in [-0.4, -0.2) is 51.8 Å². The Morgan fingerprint density at radius 2 is 1.79 bits per heavy atom. The van der Waals surface area contributed by atoms with Crippen molar-refractivity contribution in [2.45, 2.75) is 37.0 Å². The molecule has 0 spiro atoms. The maximum Gasteiger partial charge on any atom is 0.243 e. The normalized spacial score (nSPS) is 18.9. The zero-order valence-electron chi connectivity index (χ0n) is 19.3. The van der Waals surface area contributed by atoms with Gasteiger partial charge in [0.1, 0.15) is 11.5 Å². The summed E-state index contributed by atoms with van der Waals surface area (Å²) in [5.41, 5.74) is 1.99. The number of fused-ring (bicyclic) bond motifs is 1. The predicted octanol–water partition coefficient (Wildman–Crippen LogP) is 3.02. The number of sulfonamides is 1. The van der Waals surface area contributed by atoms with Crippen LogP contribution in [0.5, 0.6) is 11.5 Å². The van der Waals surface area contributed by atoms with Crippen LogP contribution in [0.15, 0.2) is 41.3 Å². The highest BCUT2D eigenvalue weighted by atomic mass is 32.2. The number of ether oxygens (including phenoxy) is 2. The number of anilines is 2. The van der Waals surface area contributed by atoms with Crippen molar-refractivity contribution in [3.05, 3.63) is 42.0 Å². The molecule has 2 aromatic carbocycles. The van der Waals surface area contributed by atoms with Gasteiger partial charge in [0.2, 0.25) is 21.8 Å². The highest BCUT2D eigenvalue weighted by Crippen LogP contribution is 2.30. The Hall–Kier alpha value is -3.11. The number of benzene rings is 2. The Balaban J connectivity index is 1.49. The van der Waals surface area contributed by atoms with E-state index in [2.05, 4.69) is 10.6 Å². The van der Waals surface area contributed by atoms with Gasteiger partial charge in [-0.05, 0) is 49.4 Å². The Bertz CT molecular complexity index is 1170. The lowest BCUT2D eigenvalue weighted by molar-refractivity contribution is -0.121. The second kappa shape index (κ2) is 10.0. The van der Waals surface area contributed by atoms with Crippen molar-refractivity contribution in [3.8, 4) is 11.5 Å². The van der Waals surface area contributed by atoms with Gasteiger partial charge in [-0.2, -0.15) is 4.31 Å². The fourth-order valence-electron chi connectivity index (χ4n) is 4.36. The van der Waals surface area contributed by atoms with E-state index in [-0.39, 0.29) is 23.3 Å². The maximum absolute atomic E-state index is 13.4. The van der Waals surface area contributed by atoms with Crippen LogP contribution >= 0.6 is 0 Å². The number of amides is 2. The van der Waals surface area contributed by atoms with Crippen molar-refractivity contribution in [3.63, 3.8) is 0 Å². The molecule has 2 aromatic rings. The summed E-state index contributed by atoms with van der Waals surface area (Å²) >= 11 is 0. The summed E-state index contributed by atoms with van der Waals surface area (Å²) in [5.74, 6) is 0.289. The van der Waals surface area contributed by atoms with Crippen molar-refractivity contribution in [2.24, 2.45) is 5.92 Å². The molecule has 0 bridgehead atoms. The molecule has 0 aromatic heterocycles. The van der Waals surface area contributed by atoms with Crippen LogP contribution in [-0.2, 0) is 26.0 Å². The third-order valence-electron chi connectivity index (χ3n) is 6.21. The SMILES string of the molecule is COc1cc(NC(=O)[C@@H]2CCCN(S(=O)(=O)c3ccc4c(c3)CCCC(=O)N4)C2)cc(OC)c1. The van der Waals surface area contributed by atoms with E-state index in [0.29, 0.717) is 61.5 Å². The van der Waals surface area contributed by atoms with Crippen molar-refractivity contribution in [1.82, 2.24) is 4.31 Å². The summed E-state index contributed by atoms with van der Waals surface area (Å²) in [6, 6.07) is 9.89. The molecule has 1 fully saturated rings. The molecule has 0 saturated carbocycles. The molecule has 2 heterocycles. The van der Waals surface area contributed by atoms with Crippen molar-refractivity contribution in [2.75, 3.05) is 37.9 Å². The van der Waals surface area contributed by atoms with Gasteiger partial charge in [0.05, 0.1) is 25.0 Å². The van der Waals surface area contributed by atoms with Crippen LogP contribution in [0.2, 0.25) is 0 Å². The molecule has 0 aliphatic carbocycles. The first-order valence-corrected chi connectivity index (χ1v) is 12.7. The summed E-state index contributed by atoms with van der Waals surface area (Å²) in [5, 5.41) is 5.69. The molecule has 182 valence electrons. The minimum Gasteiger partial charge on any atom is -0.497 e. The lowest BCUT2D eigenvalue weighted by Gasteiger charge is -2.31. The molecule has 2 N–H and O–H groups in total. The lowest BCUT2D eigenvalue weighted by atomic mass is 9.98. The number of piperidine rings is 1. The predicted molar refractivity (Wildman–Crippen MR) is 128 cm³/mol. The molecule has 1 saturated heterocycles. The highest BCUT2D eigenvalue weighted by molar-refractivity contribution is 7.89. The van der Waals surface area contributed by atoms with Gasteiger partial charge in [0.25, 0.3) is 0 Å². The first-order chi connectivity index (χ1) is 16.3. The van der Waals surface area contributed by atoms with Crippen molar-refractivity contribution in [1.29, 1.82) is 0 Å². The largest absolute Gasteiger partial charge is 0.497 e. The molecule has 2 aliphatic rings. The molecule has 34 heavy (non-hydrogen) atoms. The van der Waals surface area contributed by atoms with Crippen LogP contribution in [0, 0.1) is 5.92 Å². The number of hydrogen-bond donors (Lipinski definition) is 2. The van der Waals surface area contributed by atoms with E-state index in [9.17, 15) is 18.0 Å². The second-order valence-corrected chi connectivity index (χ2v) is 10.5. The van der Waals surface area contributed by atoms with E-state index in [1.165, 1.54) is 24.6 Å². The Labute approximate surface area is 199 Å². The average Bonchev–Trinajstić information content (AvgIpc) is 3.03. The molecule has 1 atom stereocenters. The number of methoxy groups -OCH3 is 2. The van der Waals surface area contributed by atoms with Crippen LogP contribution in [0.1, 0.15) is 31.2 Å². The Morgan fingerprint density at radius 3 is 2.50 bits per heavy atom. The molecule has 2 amide bonds. The number of hydrogen-bond acceptors (Lipinski definition) is 6. The smallest absolute Gasteiger partial charge is 0.243 e. The van der Waals surface area contributed by atoms with Gasteiger partial charge in [-0.15, -0.1) is 0 Å². The Morgan fingerprint density at radius 1 is 1.06 bits per heavy atom. The molecule has 9 nitrogen and oxygen atoms in total. The van der Waals surface area contributed by atoms with Gasteiger partial charge in [-0.1, -0.05) is 0 Å². The summed E-state index contributed by atoms with van der Waals surface area (Å²) < 4.78 is 38.7. The van der Waals surface area contributed by atoms with E-state index >= 15 is 0 Å². The fraction of sp³-hybridized carbons (Fsp3) is 0.417. The summed E-state index contributed by atoms with van der Waals surface area (Å²) in [6.45, 7) is 0.454. The number of carbonyl (C=O) groups is 2. The van der Waals surface area contributed by atoms with Crippen LogP contribution in [0.3, 0.4) is 0 Å². The van der Waals surface area contributed by atoms with Crippen LogP contribution in [0.25, 0.3) is 0 Å². The number of rotatable bonds is 6. The zero-order chi connectivity index (χ0) is 24.3. The van der Waals surface area contributed by atoms with E-state index in [1.54, 1.807) is 30.3 Å². The van der Waals surface area contributed by atoms with E-state index in [1.807, 2.05) is 0 Å². The maximum atomic E-state index is 13.4. The average molecular weight is 488 g/mol. The van der Waals surface area contributed by atoms with Crippen LogP contribution in [0.4, 0.5) is 11.4 Å². The lowest BCUT2D eigenvalue weighted by Crippen LogP contribution is -2.43. The van der Waals surface area contributed by atoms with Crippen LogP contribution < -0.4 is 20.1 Å². The van der Waals surface area contributed by atoms with Crippen molar-refractivity contribution >= 4 is 33.2 Å². The molecule has 2 aliphatic heterocycles. The zero-order valence-corrected chi connectivity index (χ0v) is 20.1. The third kappa shape index (κ3) is 5.18. The molecule has 10 heteroatoms. The second-order valence-electron chi connectivity index (χ2n) is 8.51. The number of aryl methyl sites for hydroxylation is 1. The summed E-state index contributed by atoms with van der Waals surface area (Å²) in [4.78, 5) is 25.0. The van der Waals surface area contributed by atoms with Gasteiger partial charge < -0.3 is 20.1 Å². The van der Waals surface area contributed by atoms with E-state index in [4.69, 9.17) is 9.47 Å². The molecule has 4 rings (SSSR count). The monoisotopic (exact) mass is 487 g/mol. The topological polar surface area (TPSA) is 114 Å². The minimum absolute atomic E-state index is 0.0621. The molecule has 0 unspecified atom stereocenters. The molecular formula is C24H29N3O6S. The van der Waals surface area contributed by atoms with Gasteiger partial charge in [0.15, 0.2) is 0 Å². The fourth-order valence-corrected chi connectivity index (χ4v) is 5.93. The molecule has 0 radical (unpaired) electrons. The van der Waals surface area contributed by atoms with E-state index < -0.39 is 15.9 Å². The standard InChI is InChI=1S/C24H29N3O6S/c1-32-19-12-18(13-20(14-19)33-2)25-24(29)17-6-4-10-27(15-17)34(30,31)21-8-9-22-16(11-21)5-3-7-23(28)26-22/h8-9,11-14,17H,3-7,10,15H2,1-2H3,(H,25,29)(H,26,28)/t17-/m1/s1. The van der Waals surface area contributed by atoms with Gasteiger partial charge >= 0.3 is 0 Å². The van der Waals surface area contributed by atoms with Gasteiger partial charge in [0, 0.05) is 49.1 Å². The van der Waals surface area contributed by atoms with Gasteiger partial charge in [-0.25, -0.2) is 8.42 Å². The Kier molecular flexibility index (Phi) is 7.08. The minimum atomic E-state index is -3.78. The number of nitrogens with one attached hydrogen (secondary N) is 2. The third-order valence-corrected chi connectivity index (χ3v) is 8.07. The first-order valence-electron chi connectivity index (χ1n) is 11.3. The van der Waals surface area contributed by atoms with E-state index in [0.717, 1.165) is 5.56 Å². The van der Waals surface area contributed by atoms with Crippen molar-refractivity contribution < 1.29 is 27.5 Å². The summed E-state index contributed by atoms with van der Waals surface area (Å²) in [7, 11) is -0.724. The van der Waals surface area contributed by atoms with Gasteiger partial charge in [-0.3, -0.25) is 9.59 Å². The quantitative estimate of drug-likeness (QED) is 0.648. The number of nitrogens with zero attached hydrogens (tertiary/aromatic N) is 1. The summed E-state index contributed by atoms with van der Waals surface area (Å²) in [6.07, 6.45) is 2.89.